The van der Waals surface area contributed by atoms with Crippen molar-refractivity contribution in [2.45, 2.75) is 25.7 Å². The molecule has 3 heterocycles. The molecule has 2 aromatic rings. The molecule has 0 atom stereocenters. The number of hydrogen-bond acceptors (Lipinski definition) is 3. The molecule has 0 bridgehead atoms. The zero-order valence-electron chi connectivity index (χ0n) is 9.48. The minimum Gasteiger partial charge on any atom is -0.317 e. The van der Waals surface area contributed by atoms with Crippen LogP contribution in [0.25, 0.3) is 5.52 Å². The van der Waals surface area contributed by atoms with Gasteiger partial charge in [0.25, 0.3) is 0 Å². The van der Waals surface area contributed by atoms with E-state index in [0.29, 0.717) is 5.92 Å². The van der Waals surface area contributed by atoms with Gasteiger partial charge < -0.3 is 9.72 Å². The van der Waals surface area contributed by atoms with Crippen LogP contribution in [0, 0.1) is 6.92 Å². The highest BCUT2D eigenvalue weighted by Crippen LogP contribution is 2.25. The quantitative estimate of drug-likeness (QED) is 0.785. The van der Waals surface area contributed by atoms with Crippen LogP contribution in [0.2, 0.25) is 0 Å². The summed E-state index contributed by atoms with van der Waals surface area (Å²) in [5, 5.41) is 3.39. The van der Waals surface area contributed by atoms with E-state index in [1.54, 1.807) is 0 Å². The third-order valence-electron chi connectivity index (χ3n) is 3.36. The Hall–Kier alpha value is -1.42. The van der Waals surface area contributed by atoms with Crippen molar-refractivity contribution < 1.29 is 0 Å². The van der Waals surface area contributed by atoms with Gasteiger partial charge >= 0.3 is 0 Å². The molecule has 1 aliphatic rings. The summed E-state index contributed by atoms with van der Waals surface area (Å²) in [7, 11) is 0. The summed E-state index contributed by atoms with van der Waals surface area (Å²) < 4.78 is 2.19. The average molecular weight is 216 g/mol. The Labute approximate surface area is 94.7 Å². The van der Waals surface area contributed by atoms with Gasteiger partial charge in [0, 0.05) is 18.3 Å². The van der Waals surface area contributed by atoms with Crippen LogP contribution >= 0.6 is 0 Å². The molecule has 0 amide bonds. The minimum atomic E-state index is 0.588. The first-order valence-electron chi connectivity index (χ1n) is 5.85. The third kappa shape index (κ3) is 1.50. The van der Waals surface area contributed by atoms with Crippen LogP contribution in [-0.2, 0) is 0 Å². The van der Waals surface area contributed by atoms with Crippen LogP contribution in [0.3, 0.4) is 0 Å². The maximum absolute atomic E-state index is 4.71. The number of nitrogens with zero attached hydrogens (tertiary/aromatic N) is 3. The SMILES string of the molecule is Cc1nc(C2CCNCC2)n2ccncc12. The second kappa shape index (κ2) is 3.87. The molecule has 16 heavy (non-hydrogen) atoms. The summed E-state index contributed by atoms with van der Waals surface area (Å²) >= 11 is 0. The summed E-state index contributed by atoms with van der Waals surface area (Å²) in [5.41, 5.74) is 2.22. The molecule has 1 aliphatic heterocycles. The molecule has 3 rings (SSSR count). The number of hydrogen-bond donors (Lipinski definition) is 1. The molecule has 0 aliphatic carbocycles. The lowest BCUT2D eigenvalue weighted by Crippen LogP contribution is -2.27. The summed E-state index contributed by atoms with van der Waals surface area (Å²) in [6.07, 6.45) is 8.11. The molecular formula is C12H16N4. The van der Waals surface area contributed by atoms with E-state index in [-0.39, 0.29) is 0 Å². The highest BCUT2D eigenvalue weighted by molar-refractivity contribution is 5.50. The van der Waals surface area contributed by atoms with Gasteiger partial charge in [-0.1, -0.05) is 0 Å². The topological polar surface area (TPSA) is 42.2 Å². The van der Waals surface area contributed by atoms with Gasteiger partial charge in [0.1, 0.15) is 5.82 Å². The highest BCUT2D eigenvalue weighted by atomic mass is 15.0. The van der Waals surface area contributed by atoms with E-state index in [4.69, 9.17) is 4.98 Å². The van der Waals surface area contributed by atoms with E-state index < -0.39 is 0 Å². The largest absolute Gasteiger partial charge is 0.317 e. The number of aryl methyl sites for hydroxylation is 1. The van der Waals surface area contributed by atoms with E-state index in [1.807, 2.05) is 18.6 Å². The third-order valence-corrected chi connectivity index (χ3v) is 3.36. The molecule has 2 aromatic heterocycles. The van der Waals surface area contributed by atoms with Gasteiger partial charge in [0.05, 0.1) is 17.4 Å². The molecule has 0 spiro atoms. The maximum Gasteiger partial charge on any atom is 0.116 e. The molecule has 1 fully saturated rings. The average Bonchev–Trinajstić information content (AvgIpc) is 2.69. The Kier molecular flexibility index (Phi) is 2.36. The van der Waals surface area contributed by atoms with E-state index in [1.165, 1.54) is 18.7 Å². The van der Waals surface area contributed by atoms with E-state index in [0.717, 1.165) is 24.3 Å². The predicted octanol–water partition coefficient (Wildman–Crippen LogP) is 1.50. The Bertz CT molecular complexity index is 497. The zero-order chi connectivity index (χ0) is 11.0. The fourth-order valence-corrected chi connectivity index (χ4v) is 2.48. The Morgan fingerprint density at radius 3 is 3.00 bits per heavy atom. The fraction of sp³-hybridized carbons (Fsp3) is 0.500. The smallest absolute Gasteiger partial charge is 0.116 e. The normalized spacial score (nSPS) is 18.1. The second-order valence-corrected chi connectivity index (χ2v) is 4.41. The molecule has 0 unspecified atom stereocenters. The summed E-state index contributed by atoms with van der Waals surface area (Å²) in [5.74, 6) is 1.79. The van der Waals surface area contributed by atoms with E-state index in [9.17, 15) is 0 Å². The standard InChI is InChI=1S/C12H16N4/c1-9-11-8-14-6-7-16(11)12(15-9)10-2-4-13-5-3-10/h6-8,10,13H,2-5H2,1H3. The van der Waals surface area contributed by atoms with Crippen LogP contribution < -0.4 is 5.32 Å². The van der Waals surface area contributed by atoms with Crippen molar-refractivity contribution in [1.82, 2.24) is 19.7 Å². The molecule has 4 heteroatoms. The fourth-order valence-electron chi connectivity index (χ4n) is 2.48. The number of aromatic nitrogens is 3. The lowest BCUT2D eigenvalue weighted by atomic mass is 9.97. The van der Waals surface area contributed by atoms with Crippen LogP contribution in [-0.4, -0.2) is 27.5 Å². The lowest BCUT2D eigenvalue weighted by molar-refractivity contribution is 0.444. The predicted molar refractivity (Wildman–Crippen MR) is 62.6 cm³/mol. The molecular weight excluding hydrogens is 200 g/mol. The first kappa shape index (κ1) is 9.78. The van der Waals surface area contributed by atoms with Crippen molar-refractivity contribution in [3.63, 3.8) is 0 Å². The Morgan fingerprint density at radius 2 is 2.19 bits per heavy atom. The van der Waals surface area contributed by atoms with Gasteiger partial charge in [0.15, 0.2) is 0 Å². The molecule has 0 aromatic carbocycles. The van der Waals surface area contributed by atoms with Crippen molar-refractivity contribution in [2.75, 3.05) is 13.1 Å². The number of piperidine rings is 1. The number of rotatable bonds is 1. The Balaban J connectivity index is 2.08. The highest BCUT2D eigenvalue weighted by Gasteiger charge is 2.20. The molecule has 0 saturated carbocycles. The number of nitrogens with one attached hydrogen (secondary N) is 1. The summed E-state index contributed by atoms with van der Waals surface area (Å²) in [6.45, 7) is 4.26. The molecule has 84 valence electrons. The zero-order valence-corrected chi connectivity index (χ0v) is 9.48. The van der Waals surface area contributed by atoms with Crippen molar-refractivity contribution in [2.24, 2.45) is 0 Å². The van der Waals surface area contributed by atoms with Crippen molar-refractivity contribution in [3.05, 3.63) is 30.1 Å². The summed E-state index contributed by atoms with van der Waals surface area (Å²) in [4.78, 5) is 8.87. The monoisotopic (exact) mass is 216 g/mol. The lowest BCUT2D eigenvalue weighted by Gasteiger charge is -2.21. The van der Waals surface area contributed by atoms with E-state index in [2.05, 4.69) is 21.6 Å². The van der Waals surface area contributed by atoms with Crippen molar-refractivity contribution >= 4 is 5.52 Å². The number of fused-ring (bicyclic) bond motifs is 1. The van der Waals surface area contributed by atoms with Gasteiger partial charge in [-0.15, -0.1) is 0 Å². The maximum atomic E-state index is 4.71. The number of imidazole rings is 1. The minimum absolute atomic E-state index is 0.588. The molecule has 0 radical (unpaired) electrons. The summed E-state index contributed by atoms with van der Waals surface area (Å²) in [6, 6.07) is 0. The van der Waals surface area contributed by atoms with E-state index >= 15 is 0 Å². The van der Waals surface area contributed by atoms with Crippen LogP contribution in [0.1, 0.15) is 30.3 Å². The van der Waals surface area contributed by atoms with Gasteiger partial charge in [-0.2, -0.15) is 0 Å². The molecule has 4 nitrogen and oxygen atoms in total. The van der Waals surface area contributed by atoms with Crippen LogP contribution in [0.4, 0.5) is 0 Å². The first-order chi connectivity index (χ1) is 7.86. The molecule has 1 saturated heterocycles. The van der Waals surface area contributed by atoms with Crippen molar-refractivity contribution in [3.8, 4) is 0 Å². The first-order valence-corrected chi connectivity index (χ1v) is 5.85. The van der Waals surface area contributed by atoms with Gasteiger partial charge in [0.2, 0.25) is 0 Å². The van der Waals surface area contributed by atoms with Crippen LogP contribution in [0.5, 0.6) is 0 Å². The second-order valence-electron chi connectivity index (χ2n) is 4.41. The van der Waals surface area contributed by atoms with Crippen molar-refractivity contribution in [1.29, 1.82) is 0 Å². The van der Waals surface area contributed by atoms with Gasteiger partial charge in [-0.3, -0.25) is 4.98 Å². The molecule has 1 N–H and O–H groups in total. The Morgan fingerprint density at radius 1 is 1.38 bits per heavy atom. The van der Waals surface area contributed by atoms with Crippen LogP contribution in [0.15, 0.2) is 18.6 Å². The van der Waals surface area contributed by atoms with Gasteiger partial charge in [-0.05, 0) is 32.9 Å². The van der Waals surface area contributed by atoms with Gasteiger partial charge in [-0.25, -0.2) is 4.98 Å².